The van der Waals surface area contributed by atoms with Gasteiger partial charge in [-0.1, -0.05) is 180 Å². The largest absolute Gasteiger partial charge is 0.458 e. The molecule has 0 saturated carbocycles. The Bertz CT molecular complexity index is 3110. The van der Waals surface area contributed by atoms with Crippen LogP contribution in [0.5, 0.6) is 11.5 Å². The van der Waals surface area contributed by atoms with Gasteiger partial charge in [0.1, 0.15) is 17.3 Å². The molecule has 0 radical (unpaired) electrons. The summed E-state index contributed by atoms with van der Waals surface area (Å²) in [6, 6.07) is 49.6. The van der Waals surface area contributed by atoms with Gasteiger partial charge in [-0.2, -0.15) is 4.68 Å². The molecule has 9 rings (SSSR count). The van der Waals surface area contributed by atoms with Gasteiger partial charge in [-0.3, -0.25) is 4.57 Å². The van der Waals surface area contributed by atoms with Crippen molar-refractivity contribution in [2.24, 2.45) is 0 Å². The third-order valence-electron chi connectivity index (χ3n) is 12.8. The number of pyridine rings is 1. The SMILES string of the molecule is Cc1cc(-n2c3ccccc3c3ccc(Oc4cccc(-n5[c-][n+](-c6cc(C(C)(C)C)cc(C(C)(C)C)c6)c(-c6cc(C(C)(C)C)cc(C(C)(C)C)c6)n5)c4)cc32)ncc1-c1ccccc1. The van der Waals surface area contributed by atoms with Crippen molar-refractivity contribution in [2.45, 2.75) is 112 Å². The molecule has 0 N–H and O–H groups in total. The number of nitrogens with zero attached hydrogens (tertiary/aromatic N) is 5. The standard InChI is InChI=1S/C60H63N5O/c1-39-28-55(61-37-52(39)40-20-15-14-16-21-40)65-53-25-18-17-24-50(53)51-27-26-49(36-54(51)65)66-48-23-19-22-46(35-48)64-38-63(47-33-44(59(8,9)10)32-45(34-47)60(11,12)13)56(62-64)41-29-42(57(2,3)4)31-43(30-41)58(5,6)7/h14-37H,1-13H3. The van der Waals surface area contributed by atoms with Crippen LogP contribution in [0.2, 0.25) is 0 Å². The van der Waals surface area contributed by atoms with Crippen LogP contribution in [0.3, 0.4) is 0 Å². The molecule has 334 valence electrons. The van der Waals surface area contributed by atoms with E-state index >= 15 is 0 Å². The molecule has 9 aromatic rings. The van der Waals surface area contributed by atoms with Crippen LogP contribution < -0.4 is 9.30 Å². The Labute approximate surface area is 391 Å². The maximum atomic E-state index is 6.76. The summed E-state index contributed by atoms with van der Waals surface area (Å²) in [5.41, 5.74) is 13.3. The van der Waals surface area contributed by atoms with Gasteiger partial charge >= 0.3 is 0 Å². The Kier molecular flexibility index (Phi) is 10.9. The number of fused-ring (bicyclic) bond motifs is 3. The minimum atomic E-state index is -0.0657. The second-order valence-corrected chi connectivity index (χ2v) is 22.1. The fourth-order valence-corrected chi connectivity index (χ4v) is 8.67. The first-order chi connectivity index (χ1) is 31.1. The van der Waals surface area contributed by atoms with Gasteiger partial charge in [0, 0.05) is 39.8 Å². The van der Waals surface area contributed by atoms with Crippen LogP contribution in [0, 0.1) is 13.3 Å². The third-order valence-corrected chi connectivity index (χ3v) is 12.8. The van der Waals surface area contributed by atoms with E-state index in [1.807, 2.05) is 35.1 Å². The molecule has 0 amide bonds. The van der Waals surface area contributed by atoms with E-state index in [2.05, 4.69) is 221 Å². The number of rotatable bonds is 7. The maximum Gasteiger partial charge on any atom is 0.231 e. The molecule has 6 heteroatoms. The van der Waals surface area contributed by atoms with Gasteiger partial charge in [-0.05, 0) is 103 Å². The summed E-state index contributed by atoms with van der Waals surface area (Å²) in [5.74, 6) is 3.11. The number of aromatic nitrogens is 5. The van der Waals surface area contributed by atoms with Crippen LogP contribution in [-0.2, 0) is 21.7 Å². The van der Waals surface area contributed by atoms with Crippen LogP contribution in [0.1, 0.15) is 111 Å². The first-order valence-electron chi connectivity index (χ1n) is 23.2. The zero-order valence-electron chi connectivity index (χ0n) is 41.0. The number of para-hydroxylation sites is 1. The van der Waals surface area contributed by atoms with E-state index in [1.165, 1.54) is 22.3 Å². The van der Waals surface area contributed by atoms with Crippen LogP contribution in [0.4, 0.5) is 0 Å². The summed E-state index contributed by atoms with van der Waals surface area (Å²) in [6.07, 6.45) is 5.71. The predicted octanol–water partition coefficient (Wildman–Crippen LogP) is 15.1. The number of ether oxygens (including phenoxy) is 1. The molecule has 0 saturated heterocycles. The minimum absolute atomic E-state index is 0.0653. The lowest BCUT2D eigenvalue weighted by Gasteiger charge is -2.27. The predicted molar refractivity (Wildman–Crippen MR) is 273 cm³/mol. The van der Waals surface area contributed by atoms with Gasteiger partial charge in [0.2, 0.25) is 12.2 Å². The number of hydrogen-bond donors (Lipinski definition) is 0. The molecular formula is C60H63N5O. The van der Waals surface area contributed by atoms with Gasteiger partial charge in [0.25, 0.3) is 0 Å². The van der Waals surface area contributed by atoms with Crippen molar-refractivity contribution >= 4 is 21.8 Å². The van der Waals surface area contributed by atoms with Crippen LogP contribution in [0.25, 0.3) is 61.5 Å². The number of benzene rings is 6. The molecule has 3 heterocycles. The van der Waals surface area contributed by atoms with Crippen LogP contribution in [-0.4, -0.2) is 19.3 Å². The van der Waals surface area contributed by atoms with Crippen molar-refractivity contribution in [1.82, 2.24) is 19.3 Å². The van der Waals surface area contributed by atoms with Gasteiger partial charge in [-0.25, -0.2) is 4.98 Å². The summed E-state index contributed by atoms with van der Waals surface area (Å²) in [4.78, 5) is 5.04. The highest BCUT2D eigenvalue weighted by Crippen LogP contribution is 2.38. The molecular weight excluding hydrogens is 807 g/mol. The fraction of sp³-hybridized carbons (Fsp3) is 0.283. The Morgan fingerprint density at radius 1 is 0.515 bits per heavy atom. The molecule has 0 aliphatic rings. The topological polar surface area (TPSA) is 48.8 Å². The molecule has 66 heavy (non-hydrogen) atoms. The Morgan fingerprint density at radius 2 is 1.09 bits per heavy atom. The first-order valence-corrected chi connectivity index (χ1v) is 23.2. The summed E-state index contributed by atoms with van der Waals surface area (Å²) in [5, 5.41) is 7.71. The quantitative estimate of drug-likeness (QED) is 0.118. The Balaban J connectivity index is 1.16. The van der Waals surface area contributed by atoms with E-state index in [0.717, 1.165) is 72.8 Å². The summed E-state index contributed by atoms with van der Waals surface area (Å²) in [7, 11) is 0. The lowest BCUT2D eigenvalue weighted by atomic mass is 9.79. The van der Waals surface area contributed by atoms with Gasteiger partial charge in [0.15, 0.2) is 0 Å². The third kappa shape index (κ3) is 8.69. The second-order valence-electron chi connectivity index (χ2n) is 22.1. The Hall–Kier alpha value is -6.79. The highest BCUT2D eigenvalue weighted by molar-refractivity contribution is 6.09. The van der Waals surface area contributed by atoms with Crippen molar-refractivity contribution in [3.05, 3.63) is 180 Å². The van der Waals surface area contributed by atoms with Gasteiger partial charge in [-0.15, -0.1) is 0 Å². The van der Waals surface area contributed by atoms with Crippen molar-refractivity contribution in [3.63, 3.8) is 0 Å². The van der Waals surface area contributed by atoms with Crippen molar-refractivity contribution in [3.8, 4) is 51.2 Å². The molecule has 3 aromatic heterocycles. The maximum absolute atomic E-state index is 6.76. The molecule has 0 bridgehead atoms. The van der Waals surface area contributed by atoms with Crippen molar-refractivity contribution < 1.29 is 9.30 Å². The number of aryl methyl sites for hydroxylation is 1. The first kappa shape index (κ1) is 44.4. The van der Waals surface area contributed by atoms with Crippen molar-refractivity contribution in [2.75, 3.05) is 0 Å². The average Bonchev–Trinajstić information content (AvgIpc) is 3.86. The molecule has 0 aliphatic heterocycles. The monoisotopic (exact) mass is 870 g/mol. The van der Waals surface area contributed by atoms with Gasteiger partial charge < -0.3 is 9.30 Å². The Morgan fingerprint density at radius 3 is 1.71 bits per heavy atom. The van der Waals surface area contributed by atoms with Crippen molar-refractivity contribution in [1.29, 1.82) is 0 Å². The molecule has 0 fully saturated rings. The summed E-state index contributed by atoms with van der Waals surface area (Å²) in [6.45, 7) is 29.5. The molecule has 0 unspecified atom stereocenters. The zero-order valence-corrected chi connectivity index (χ0v) is 41.0. The van der Waals surface area contributed by atoms with Crippen LogP contribution >= 0.6 is 0 Å². The average molecular weight is 870 g/mol. The fourth-order valence-electron chi connectivity index (χ4n) is 8.67. The summed E-state index contributed by atoms with van der Waals surface area (Å²) >= 11 is 0. The molecule has 6 aromatic carbocycles. The van der Waals surface area contributed by atoms with Crippen LogP contribution in [0.15, 0.2) is 146 Å². The summed E-state index contributed by atoms with van der Waals surface area (Å²) < 4.78 is 13.0. The van der Waals surface area contributed by atoms with E-state index in [4.69, 9.17) is 14.8 Å². The smallest absolute Gasteiger partial charge is 0.231 e. The lowest BCUT2D eigenvalue weighted by molar-refractivity contribution is -0.589. The highest BCUT2D eigenvalue weighted by atomic mass is 16.5. The molecule has 0 spiro atoms. The molecule has 0 aliphatic carbocycles. The van der Waals surface area contributed by atoms with E-state index in [9.17, 15) is 0 Å². The van der Waals surface area contributed by atoms with E-state index in [0.29, 0.717) is 5.75 Å². The molecule has 0 atom stereocenters. The van der Waals surface area contributed by atoms with E-state index in [-0.39, 0.29) is 21.7 Å². The number of hydrogen-bond acceptors (Lipinski definition) is 3. The molecule has 6 nitrogen and oxygen atoms in total. The highest BCUT2D eigenvalue weighted by Gasteiger charge is 2.26. The second kappa shape index (κ2) is 16.3. The van der Waals surface area contributed by atoms with E-state index in [1.54, 1.807) is 0 Å². The zero-order chi connectivity index (χ0) is 46.9. The normalized spacial score (nSPS) is 12.6. The minimum Gasteiger partial charge on any atom is -0.458 e. The lowest BCUT2D eigenvalue weighted by Crippen LogP contribution is -2.33. The van der Waals surface area contributed by atoms with E-state index < -0.39 is 0 Å². The van der Waals surface area contributed by atoms with Gasteiger partial charge in [0.05, 0.1) is 16.7 Å².